The zero-order valence-corrected chi connectivity index (χ0v) is 11.6. The third kappa shape index (κ3) is 3.45. The van der Waals surface area contributed by atoms with Crippen molar-refractivity contribution in [2.45, 2.75) is 32.6 Å². The maximum absolute atomic E-state index is 11.5. The quantitative estimate of drug-likeness (QED) is 0.798. The fourth-order valence-corrected chi connectivity index (χ4v) is 2.40. The predicted molar refractivity (Wildman–Crippen MR) is 69.3 cm³/mol. The molecule has 1 aliphatic rings. The molecule has 0 aliphatic carbocycles. The van der Waals surface area contributed by atoms with E-state index in [-0.39, 0.29) is 5.91 Å². The van der Waals surface area contributed by atoms with Crippen molar-refractivity contribution in [1.29, 1.82) is 0 Å². The summed E-state index contributed by atoms with van der Waals surface area (Å²) in [6, 6.07) is 0. The number of piperidine rings is 1. The summed E-state index contributed by atoms with van der Waals surface area (Å²) in [5, 5.41) is 9.29. The molecule has 1 amide bonds. The summed E-state index contributed by atoms with van der Waals surface area (Å²) in [6.07, 6.45) is 2.58. The van der Waals surface area contributed by atoms with E-state index >= 15 is 0 Å². The highest BCUT2D eigenvalue weighted by Crippen LogP contribution is 2.35. The van der Waals surface area contributed by atoms with Gasteiger partial charge >= 0.3 is 5.97 Å². The standard InChI is InChI=1S/C13H24N2O3/c1-4-13(12(17)18)6-9-15(10-7-13)8-5-11(16)14(2)3/h4-10H2,1-3H3,(H,17,18). The molecule has 5 heteroatoms. The Balaban J connectivity index is 2.40. The normalized spacial score (nSPS) is 19.5. The minimum absolute atomic E-state index is 0.126. The summed E-state index contributed by atoms with van der Waals surface area (Å²) in [7, 11) is 3.51. The Morgan fingerprint density at radius 2 is 1.83 bits per heavy atom. The van der Waals surface area contributed by atoms with Crippen molar-refractivity contribution >= 4 is 11.9 Å². The lowest BCUT2D eigenvalue weighted by Crippen LogP contribution is -2.44. The van der Waals surface area contributed by atoms with E-state index in [2.05, 4.69) is 4.90 Å². The van der Waals surface area contributed by atoms with Gasteiger partial charge in [0.05, 0.1) is 5.41 Å². The minimum Gasteiger partial charge on any atom is -0.481 e. The molecular weight excluding hydrogens is 232 g/mol. The number of hydrogen-bond acceptors (Lipinski definition) is 3. The highest BCUT2D eigenvalue weighted by Gasteiger charge is 2.39. The molecule has 1 rings (SSSR count). The van der Waals surface area contributed by atoms with E-state index < -0.39 is 11.4 Å². The number of carbonyl (C=O) groups excluding carboxylic acids is 1. The average Bonchev–Trinajstić information content (AvgIpc) is 2.36. The average molecular weight is 256 g/mol. The lowest BCUT2D eigenvalue weighted by atomic mass is 9.76. The summed E-state index contributed by atoms with van der Waals surface area (Å²) in [4.78, 5) is 26.6. The van der Waals surface area contributed by atoms with Gasteiger partial charge in [-0.2, -0.15) is 0 Å². The molecule has 0 radical (unpaired) electrons. The first-order valence-corrected chi connectivity index (χ1v) is 6.57. The molecule has 0 saturated carbocycles. The van der Waals surface area contributed by atoms with E-state index in [0.717, 1.165) is 19.6 Å². The molecule has 0 bridgehead atoms. The molecule has 0 aromatic rings. The maximum atomic E-state index is 11.5. The fraction of sp³-hybridized carbons (Fsp3) is 0.846. The van der Waals surface area contributed by atoms with Gasteiger partial charge < -0.3 is 14.9 Å². The van der Waals surface area contributed by atoms with Crippen LogP contribution in [0.5, 0.6) is 0 Å². The van der Waals surface area contributed by atoms with Crippen LogP contribution in [0.15, 0.2) is 0 Å². The Morgan fingerprint density at radius 3 is 2.22 bits per heavy atom. The van der Waals surface area contributed by atoms with Crippen molar-refractivity contribution in [1.82, 2.24) is 9.80 Å². The van der Waals surface area contributed by atoms with E-state index in [4.69, 9.17) is 0 Å². The topological polar surface area (TPSA) is 60.9 Å². The molecule has 0 unspecified atom stereocenters. The van der Waals surface area contributed by atoms with Crippen LogP contribution < -0.4 is 0 Å². The van der Waals surface area contributed by atoms with Gasteiger partial charge in [0.25, 0.3) is 0 Å². The Labute approximate surface area is 109 Å². The molecule has 0 spiro atoms. The molecule has 5 nitrogen and oxygen atoms in total. The molecule has 1 N–H and O–H groups in total. The lowest BCUT2D eigenvalue weighted by Gasteiger charge is -2.38. The summed E-state index contributed by atoms with van der Waals surface area (Å²) in [5.41, 5.74) is -0.540. The maximum Gasteiger partial charge on any atom is 0.309 e. The number of aliphatic carboxylic acids is 1. The molecule has 0 atom stereocenters. The third-order valence-corrected chi connectivity index (χ3v) is 4.08. The molecule has 1 fully saturated rings. The van der Waals surface area contributed by atoms with Gasteiger partial charge in [-0.15, -0.1) is 0 Å². The van der Waals surface area contributed by atoms with E-state index in [1.807, 2.05) is 6.92 Å². The largest absolute Gasteiger partial charge is 0.481 e. The van der Waals surface area contributed by atoms with Crippen LogP contribution in [0, 0.1) is 5.41 Å². The van der Waals surface area contributed by atoms with Gasteiger partial charge in [-0.05, 0) is 32.4 Å². The van der Waals surface area contributed by atoms with Crippen molar-refractivity contribution in [2.24, 2.45) is 5.41 Å². The Kier molecular flexibility index (Phi) is 5.14. The SMILES string of the molecule is CCC1(C(=O)O)CCN(CCC(=O)N(C)C)CC1. The van der Waals surface area contributed by atoms with Crippen molar-refractivity contribution in [3.05, 3.63) is 0 Å². The molecule has 1 heterocycles. The second-order valence-corrected chi connectivity index (χ2v) is 5.32. The molecule has 18 heavy (non-hydrogen) atoms. The number of likely N-dealkylation sites (tertiary alicyclic amines) is 1. The Morgan fingerprint density at radius 1 is 1.28 bits per heavy atom. The summed E-state index contributed by atoms with van der Waals surface area (Å²) >= 11 is 0. The van der Waals surface area contributed by atoms with Crippen LogP contribution in [-0.4, -0.2) is 60.5 Å². The Bertz CT molecular complexity index is 307. The molecule has 0 aromatic heterocycles. The smallest absolute Gasteiger partial charge is 0.309 e. The zero-order chi connectivity index (χ0) is 13.8. The number of hydrogen-bond donors (Lipinski definition) is 1. The van der Waals surface area contributed by atoms with Gasteiger partial charge in [-0.25, -0.2) is 0 Å². The van der Waals surface area contributed by atoms with E-state index in [1.165, 1.54) is 0 Å². The molecule has 104 valence electrons. The molecular formula is C13H24N2O3. The number of nitrogens with zero attached hydrogens (tertiary/aromatic N) is 2. The predicted octanol–water partition coefficient (Wildman–Crippen LogP) is 1.04. The summed E-state index contributed by atoms with van der Waals surface area (Å²) in [5.74, 6) is -0.547. The van der Waals surface area contributed by atoms with Crippen LogP contribution in [0.4, 0.5) is 0 Å². The molecule has 1 aliphatic heterocycles. The molecule has 1 saturated heterocycles. The van der Waals surface area contributed by atoms with Gasteiger partial charge in [0.15, 0.2) is 0 Å². The second-order valence-electron chi connectivity index (χ2n) is 5.32. The fourth-order valence-electron chi connectivity index (χ4n) is 2.40. The van der Waals surface area contributed by atoms with Gasteiger partial charge in [0.1, 0.15) is 0 Å². The first-order chi connectivity index (χ1) is 8.41. The first-order valence-electron chi connectivity index (χ1n) is 6.57. The first kappa shape index (κ1) is 15.0. The minimum atomic E-state index is -0.672. The van der Waals surface area contributed by atoms with E-state index in [0.29, 0.717) is 25.7 Å². The van der Waals surface area contributed by atoms with Gasteiger partial charge in [0, 0.05) is 27.1 Å². The van der Waals surface area contributed by atoms with Crippen LogP contribution >= 0.6 is 0 Å². The van der Waals surface area contributed by atoms with E-state index in [9.17, 15) is 14.7 Å². The molecule has 0 aromatic carbocycles. The zero-order valence-electron chi connectivity index (χ0n) is 11.6. The summed E-state index contributed by atoms with van der Waals surface area (Å²) in [6.45, 7) is 4.23. The number of carboxylic acids is 1. The van der Waals surface area contributed by atoms with Crippen LogP contribution in [0.1, 0.15) is 32.6 Å². The number of carboxylic acid groups (broad SMARTS) is 1. The third-order valence-electron chi connectivity index (χ3n) is 4.08. The highest BCUT2D eigenvalue weighted by molar-refractivity contribution is 5.76. The Hall–Kier alpha value is -1.10. The van der Waals surface area contributed by atoms with Crippen LogP contribution in [0.3, 0.4) is 0 Å². The van der Waals surface area contributed by atoms with Crippen molar-refractivity contribution < 1.29 is 14.7 Å². The lowest BCUT2D eigenvalue weighted by molar-refractivity contribution is -0.152. The van der Waals surface area contributed by atoms with Gasteiger partial charge in [-0.1, -0.05) is 6.92 Å². The number of rotatable bonds is 5. The highest BCUT2D eigenvalue weighted by atomic mass is 16.4. The second kappa shape index (κ2) is 6.18. The number of amides is 1. The van der Waals surface area contributed by atoms with Crippen molar-refractivity contribution in [2.75, 3.05) is 33.7 Å². The van der Waals surface area contributed by atoms with Crippen molar-refractivity contribution in [3.8, 4) is 0 Å². The van der Waals surface area contributed by atoms with Crippen LogP contribution in [0.2, 0.25) is 0 Å². The van der Waals surface area contributed by atoms with E-state index in [1.54, 1.807) is 19.0 Å². The van der Waals surface area contributed by atoms with Gasteiger partial charge in [-0.3, -0.25) is 9.59 Å². The van der Waals surface area contributed by atoms with Crippen LogP contribution in [0.25, 0.3) is 0 Å². The summed E-state index contributed by atoms with van der Waals surface area (Å²) < 4.78 is 0. The monoisotopic (exact) mass is 256 g/mol. The van der Waals surface area contributed by atoms with Crippen molar-refractivity contribution in [3.63, 3.8) is 0 Å². The van der Waals surface area contributed by atoms with Crippen LogP contribution in [-0.2, 0) is 9.59 Å². The number of carbonyl (C=O) groups is 2. The van der Waals surface area contributed by atoms with Gasteiger partial charge in [0.2, 0.25) is 5.91 Å².